The summed E-state index contributed by atoms with van der Waals surface area (Å²) in [5, 5.41) is 3.21. The molecule has 1 aromatic carbocycles. The molecule has 0 radical (unpaired) electrons. The van der Waals surface area contributed by atoms with Gasteiger partial charge in [0.1, 0.15) is 11.3 Å². The van der Waals surface area contributed by atoms with Crippen molar-refractivity contribution in [3.05, 3.63) is 24.0 Å². The number of sulfonamides is 1. The van der Waals surface area contributed by atoms with Crippen molar-refractivity contribution in [3.8, 4) is 11.7 Å². The van der Waals surface area contributed by atoms with Crippen molar-refractivity contribution < 1.29 is 26.7 Å². The average molecular weight is 539 g/mol. The number of nitrogens with one attached hydrogen (secondary N) is 1. The summed E-state index contributed by atoms with van der Waals surface area (Å²) >= 11 is 0. The third-order valence-electron chi connectivity index (χ3n) is 6.38. The van der Waals surface area contributed by atoms with E-state index in [0.717, 1.165) is 0 Å². The second-order valence-electron chi connectivity index (χ2n) is 8.90. The van der Waals surface area contributed by atoms with Crippen LogP contribution in [0.5, 0.6) is 5.75 Å². The normalized spacial score (nSPS) is 19.5. The van der Waals surface area contributed by atoms with E-state index in [-0.39, 0.29) is 30.0 Å². The highest BCUT2D eigenvalue weighted by atomic mass is 32.2. The molecule has 0 aliphatic carbocycles. The van der Waals surface area contributed by atoms with E-state index in [1.54, 1.807) is 18.2 Å². The fourth-order valence-corrected chi connectivity index (χ4v) is 5.49. The first-order valence-corrected chi connectivity index (χ1v) is 13.7. The molecule has 5 rings (SSSR count). The number of benzene rings is 1. The Labute approximate surface area is 212 Å². The highest BCUT2D eigenvalue weighted by Gasteiger charge is 2.29. The molecular weight excluding hydrogens is 510 g/mol. The van der Waals surface area contributed by atoms with Crippen molar-refractivity contribution >= 4 is 33.0 Å². The first-order chi connectivity index (χ1) is 17.7. The van der Waals surface area contributed by atoms with E-state index < -0.39 is 22.3 Å². The minimum absolute atomic E-state index is 0.0270. The minimum atomic E-state index is -3.36. The quantitative estimate of drug-likeness (QED) is 0.476. The Morgan fingerprint density at radius 3 is 2.57 bits per heavy atom. The Kier molecular flexibility index (Phi) is 7.09. The highest BCUT2D eigenvalue weighted by Crippen LogP contribution is 2.32. The van der Waals surface area contributed by atoms with Crippen molar-refractivity contribution in [1.82, 2.24) is 28.8 Å². The highest BCUT2D eigenvalue weighted by molar-refractivity contribution is 7.88. The van der Waals surface area contributed by atoms with Crippen LogP contribution in [-0.2, 0) is 14.8 Å². The maximum atomic E-state index is 14.2. The zero-order chi connectivity index (χ0) is 26.2. The van der Waals surface area contributed by atoms with Crippen LogP contribution < -0.4 is 15.0 Å². The number of rotatable bonds is 7. The van der Waals surface area contributed by atoms with Gasteiger partial charge in [-0.3, -0.25) is 4.57 Å². The molecule has 0 unspecified atom stereocenters. The molecule has 0 spiro atoms. The third-order valence-corrected chi connectivity index (χ3v) is 7.65. The van der Waals surface area contributed by atoms with Crippen LogP contribution >= 0.6 is 0 Å². The number of aromatic nitrogens is 5. The second kappa shape index (κ2) is 10.3. The molecule has 15 heteroatoms. The lowest BCUT2D eigenvalue weighted by atomic mass is 10.1. The van der Waals surface area contributed by atoms with Crippen LogP contribution in [0.25, 0.3) is 17.0 Å². The molecule has 2 fully saturated rings. The van der Waals surface area contributed by atoms with Crippen LogP contribution in [0.4, 0.5) is 20.7 Å². The lowest BCUT2D eigenvalue weighted by Crippen LogP contribution is -2.45. The van der Waals surface area contributed by atoms with Gasteiger partial charge in [-0.15, -0.1) is 0 Å². The number of alkyl halides is 2. The van der Waals surface area contributed by atoms with Crippen molar-refractivity contribution in [2.45, 2.75) is 25.3 Å². The number of halogens is 2. The lowest BCUT2D eigenvalue weighted by molar-refractivity contribution is 0.122. The Morgan fingerprint density at radius 1 is 1.11 bits per heavy atom. The molecule has 0 amide bonds. The number of anilines is 2. The van der Waals surface area contributed by atoms with E-state index in [1.165, 1.54) is 22.2 Å². The molecule has 1 N–H and O–H groups in total. The summed E-state index contributed by atoms with van der Waals surface area (Å²) in [6.07, 6.45) is -0.357. The topological polar surface area (TPSA) is 128 Å². The number of ether oxygens (including phenoxy) is 2. The fourth-order valence-electron chi connectivity index (χ4n) is 4.58. The number of hydrogen-bond donors (Lipinski definition) is 1. The largest absolute Gasteiger partial charge is 0.494 e. The Morgan fingerprint density at radius 2 is 1.86 bits per heavy atom. The number of imidazole rings is 1. The summed E-state index contributed by atoms with van der Waals surface area (Å²) < 4.78 is 65.9. The number of fused-ring (bicyclic) bond motifs is 1. The standard InChI is InChI=1S/C22H28F2N8O4S/c1-35-16-7-3-6-15-17(16)26-19(18(23)24)32(15)22-28-20(27-21(29-22)30-9-11-36-12-10-30)25-14-5-4-8-31(13-14)37(2,33)34/h3,6-7,14,18H,4-5,8-13H2,1-2H3,(H,25,27,28,29)/t14-/m0/s1. The second-order valence-corrected chi connectivity index (χ2v) is 10.9. The van der Waals surface area contributed by atoms with E-state index in [1.807, 2.05) is 4.90 Å². The molecule has 200 valence electrons. The smallest absolute Gasteiger partial charge is 0.296 e. The first-order valence-electron chi connectivity index (χ1n) is 11.9. The van der Waals surface area contributed by atoms with Gasteiger partial charge in [0.15, 0.2) is 5.82 Å². The monoisotopic (exact) mass is 538 g/mol. The molecule has 4 heterocycles. The van der Waals surface area contributed by atoms with Gasteiger partial charge in [-0.2, -0.15) is 15.0 Å². The Balaban J connectivity index is 1.60. The van der Waals surface area contributed by atoms with Gasteiger partial charge in [-0.05, 0) is 25.0 Å². The SMILES string of the molecule is COc1cccc2c1nc(C(F)F)n2-c1nc(N[C@H]2CCCN(S(C)(=O)=O)C2)nc(N2CCOCC2)n1. The Bertz CT molecular complexity index is 1380. The number of morpholine rings is 1. The molecule has 3 aromatic rings. The summed E-state index contributed by atoms with van der Waals surface area (Å²) in [5.41, 5.74) is 0.625. The molecule has 0 bridgehead atoms. The Hall–Kier alpha value is -3.17. The van der Waals surface area contributed by atoms with E-state index in [9.17, 15) is 17.2 Å². The molecule has 0 saturated carbocycles. The number of methoxy groups -OCH3 is 1. The van der Waals surface area contributed by atoms with Gasteiger partial charge in [0.25, 0.3) is 6.43 Å². The molecule has 12 nitrogen and oxygen atoms in total. The van der Waals surface area contributed by atoms with Crippen molar-refractivity contribution in [3.63, 3.8) is 0 Å². The number of piperidine rings is 1. The van der Waals surface area contributed by atoms with Gasteiger partial charge < -0.3 is 19.7 Å². The molecule has 1 atom stereocenters. The first kappa shape index (κ1) is 25.5. The van der Waals surface area contributed by atoms with Crippen LogP contribution in [0, 0.1) is 0 Å². The maximum absolute atomic E-state index is 14.2. The molecular formula is C22H28F2N8O4S. The van der Waals surface area contributed by atoms with Gasteiger partial charge in [0, 0.05) is 32.2 Å². The predicted molar refractivity (Wildman–Crippen MR) is 132 cm³/mol. The van der Waals surface area contributed by atoms with E-state index in [0.29, 0.717) is 62.9 Å². The zero-order valence-corrected chi connectivity index (χ0v) is 21.3. The van der Waals surface area contributed by atoms with Crippen molar-refractivity contribution in [1.29, 1.82) is 0 Å². The summed E-state index contributed by atoms with van der Waals surface area (Å²) in [6.45, 7) is 2.69. The molecule has 2 aliphatic rings. The van der Waals surface area contributed by atoms with Crippen molar-refractivity contribution in [2.75, 3.05) is 63.0 Å². The summed E-state index contributed by atoms with van der Waals surface area (Å²) in [4.78, 5) is 19.6. The minimum Gasteiger partial charge on any atom is -0.494 e. The number of para-hydroxylation sites is 1. The zero-order valence-electron chi connectivity index (χ0n) is 20.5. The van der Waals surface area contributed by atoms with Crippen LogP contribution in [-0.4, -0.2) is 96.0 Å². The third kappa shape index (κ3) is 5.29. The van der Waals surface area contributed by atoms with Gasteiger partial charge in [-0.1, -0.05) is 6.07 Å². The van der Waals surface area contributed by atoms with Gasteiger partial charge >= 0.3 is 0 Å². The van der Waals surface area contributed by atoms with Crippen LogP contribution in [0.15, 0.2) is 18.2 Å². The maximum Gasteiger partial charge on any atom is 0.296 e. The predicted octanol–water partition coefficient (Wildman–Crippen LogP) is 1.83. The van der Waals surface area contributed by atoms with Gasteiger partial charge in [0.05, 0.1) is 32.1 Å². The summed E-state index contributed by atoms with van der Waals surface area (Å²) in [6, 6.07) is 4.71. The number of nitrogens with zero attached hydrogens (tertiary/aromatic N) is 7. The van der Waals surface area contributed by atoms with Crippen LogP contribution in [0.3, 0.4) is 0 Å². The molecule has 37 heavy (non-hydrogen) atoms. The van der Waals surface area contributed by atoms with Crippen molar-refractivity contribution in [2.24, 2.45) is 0 Å². The van der Waals surface area contributed by atoms with E-state index in [2.05, 4.69) is 25.3 Å². The molecule has 2 aliphatic heterocycles. The molecule has 2 aromatic heterocycles. The van der Waals surface area contributed by atoms with Gasteiger partial charge in [-0.25, -0.2) is 26.5 Å². The number of hydrogen-bond acceptors (Lipinski definition) is 10. The lowest BCUT2D eigenvalue weighted by Gasteiger charge is -2.32. The summed E-state index contributed by atoms with van der Waals surface area (Å²) in [5.74, 6) is 0.265. The molecule has 2 saturated heterocycles. The fraction of sp³-hybridized carbons (Fsp3) is 0.545. The van der Waals surface area contributed by atoms with Gasteiger partial charge in [0.2, 0.25) is 27.9 Å². The summed E-state index contributed by atoms with van der Waals surface area (Å²) in [7, 11) is -1.91. The van der Waals surface area contributed by atoms with E-state index >= 15 is 0 Å². The van der Waals surface area contributed by atoms with E-state index in [4.69, 9.17) is 9.47 Å². The van der Waals surface area contributed by atoms with Crippen LogP contribution in [0.2, 0.25) is 0 Å². The average Bonchev–Trinajstić information content (AvgIpc) is 3.29. The van der Waals surface area contributed by atoms with Crippen LogP contribution in [0.1, 0.15) is 25.1 Å².